The second-order valence-electron chi connectivity index (χ2n) is 21.8. The van der Waals surface area contributed by atoms with E-state index in [1.165, 1.54) is 62.2 Å². The number of halogens is 8. The summed E-state index contributed by atoms with van der Waals surface area (Å²) in [4.78, 5) is 90.7. The number of aryl methyl sites for hydroxylation is 2. The quantitative estimate of drug-likeness (QED) is 0.0700. The van der Waals surface area contributed by atoms with Crippen LogP contribution < -0.4 is 41.4 Å². The summed E-state index contributed by atoms with van der Waals surface area (Å²) in [5.41, 5.74) is 1.72. The zero-order valence-corrected chi connectivity index (χ0v) is 51.0. The minimum Gasteiger partial charge on any atom is -0.461 e. The van der Waals surface area contributed by atoms with E-state index in [1.807, 2.05) is 48.5 Å². The lowest BCUT2D eigenvalue weighted by Crippen LogP contribution is -2.46. The van der Waals surface area contributed by atoms with Crippen molar-refractivity contribution in [1.82, 2.24) is 37.8 Å². The van der Waals surface area contributed by atoms with E-state index < -0.39 is 46.7 Å². The van der Waals surface area contributed by atoms with Gasteiger partial charge in [0.1, 0.15) is 29.6 Å². The van der Waals surface area contributed by atoms with Crippen LogP contribution >= 0.6 is 23.2 Å². The predicted molar refractivity (Wildman–Crippen MR) is 334 cm³/mol. The van der Waals surface area contributed by atoms with Crippen LogP contribution in [0.25, 0.3) is 22.3 Å². The third-order valence-electron chi connectivity index (χ3n) is 15.0. The lowest BCUT2D eigenvalue weighted by atomic mass is 9.76. The van der Waals surface area contributed by atoms with Crippen molar-refractivity contribution in [2.24, 2.45) is 31.8 Å². The molecule has 2 aliphatic carbocycles. The van der Waals surface area contributed by atoms with Gasteiger partial charge in [-0.25, -0.2) is 9.59 Å². The average molecular weight is 1340 g/mol. The molecule has 2 aliphatic rings. The number of aromatic amines is 1. The standard InChI is InChI=1S/C31H26ClF3N4O4.C20H14ClF3N4O4.C13H16O2.CO2.CH4/c1-37-27-26(28(40)39(30(37)41)23-15-21(16-23)14-19-6-3-2-4-7-19)38(18-20-10-12-22(32)13-11-20)29(36-27)42-24-8-5-9-25(17-24)43-31(33,34)35;1-27-16-15(17(29)26-18(27)30)28(10-11-5-7-12(21)8-6-11)19(25-16)31-13-3-2-4-14(9-13)32-20(22,23)24;1-10-7-12(8-10)13(14)15-9-11-5-3-2-4-6-11;2-1-3;/h2-13,17,21,23H,14-16,18H2,1H3;2-9H,10H2,1H3,(H,26,29,30);2-6,10,12H,7-9H2,1H3;;1H4. The molecule has 0 unspecified atom stereocenters. The van der Waals surface area contributed by atoms with E-state index in [-0.39, 0.29) is 90.4 Å². The van der Waals surface area contributed by atoms with E-state index in [9.17, 15) is 50.3 Å². The maximum Gasteiger partial charge on any atom is 0.573 e. The highest BCUT2D eigenvalue weighted by atomic mass is 35.5. The lowest BCUT2D eigenvalue weighted by molar-refractivity contribution is -0.275. The minimum atomic E-state index is -4.88. The number of H-pyrrole nitrogens is 1. The summed E-state index contributed by atoms with van der Waals surface area (Å²) < 4.78 is 108. The number of esters is 1. The van der Waals surface area contributed by atoms with Crippen molar-refractivity contribution in [3.05, 3.63) is 232 Å². The van der Waals surface area contributed by atoms with Crippen molar-refractivity contribution in [3.8, 4) is 35.0 Å². The molecule has 4 aromatic heterocycles. The van der Waals surface area contributed by atoms with Crippen molar-refractivity contribution in [2.75, 3.05) is 0 Å². The topological polar surface area (TPSA) is 232 Å². The average Bonchev–Trinajstić information content (AvgIpc) is 1.52. The number of aromatic nitrogens is 8. The molecule has 28 heteroatoms. The van der Waals surface area contributed by atoms with Gasteiger partial charge in [0, 0.05) is 42.3 Å². The van der Waals surface area contributed by atoms with Gasteiger partial charge in [-0.3, -0.25) is 42.2 Å². The molecule has 0 atom stereocenters. The molecule has 0 aliphatic heterocycles. The van der Waals surface area contributed by atoms with Crippen molar-refractivity contribution in [3.63, 3.8) is 0 Å². The van der Waals surface area contributed by atoms with Gasteiger partial charge in [-0.15, -0.1) is 26.3 Å². The number of hydrogen-bond acceptors (Lipinski definition) is 14. The number of nitrogens with zero attached hydrogens (tertiary/aromatic N) is 7. The van der Waals surface area contributed by atoms with Crippen LogP contribution in [0.5, 0.6) is 35.0 Å². The molecular formula is C66H60Cl2F6N8O12. The van der Waals surface area contributed by atoms with Crippen LogP contribution in [0, 0.1) is 17.8 Å². The van der Waals surface area contributed by atoms with E-state index in [4.69, 9.17) is 47.0 Å². The third-order valence-corrected chi connectivity index (χ3v) is 15.5. The number of imidazole rings is 2. The van der Waals surface area contributed by atoms with Gasteiger partial charge < -0.3 is 23.7 Å². The number of benzene rings is 6. The summed E-state index contributed by atoms with van der Waals surface area (Å²) in [6.45, 7) is 2.81. The summed E-state index contributed by atoms with van der Waals surface area (Å²) in [6.07, 6.45) is -5.30. The second-order valence-corrected chi connectivity index (χ2v) is 22.6. The smallest absolute Gasteiger partial charge is 0.461 e. The Hall–Kier alpha value is -10.2. The zero-order valence-electron chi connectivity index (χ0n) is 49.5. The van der Waals surface area contributed by atoms with E-state index in [0.29, 0.717) is 41.3 Å². The fraction of sp³-hybridized carbons (Fsp3) is 0.273. The molecule has 0 spiro atoms. The van der Waals surface area contributed by atoms with Crippen molar-refractivity contribution in [2.45, 2.75) is 84.9 Å². The van der Waals surface area contributed by atoms with E-state index in [2.05, 4.69) is 43.5 Å². The van der Waals surface area contributed by atoms with Gasteiger partial charge >= 0.3 is 48.2 Å². The van der Waals surface area contributed by atoms with Crippen molar-refractivity contribution >= 4 is 57.7 Å². The molecule has 492 valence electrons. The van der Waals surface area contributed by atoms with Gasteiger partial charge in [-0.2, -0.15) is 19.6 Å². The Bertz CT molecular complexity index is 4540. The summed E-state index contributed by atoms with van der Waals surface area (Å²) in [5.74, 6) is 0.183. The molecule has 0 saturated heterocycles. The molecule has 10 aromatic rings. The fourth-order valence-corrected chi connectivity index (χ4v) is 10.7. The largest absolute Gasteiger partial charge is 0.573 e. The molecular weight excluding hydrogens is 1280 g/mol. The molecule has 4 heterocycles. The van der Waals surface area contributed by atoms with Crippen LogP contribution in [0.4, 0.5) is 26.3 Å². The first-order valence-electron chi connectivity index (χ1n) is 28.5. The first-order valence-corrected chi connectivity index (χ1v) is 29.3. The third kappa shape index (κ3) is 17.9. The Morgan fingerprint density at radius 3 is 1.51 bits per heavy atom. The number of carbonyl (C=O) groups is 1. The molecule has 0 radical (unpaired) electrons. The zero-order chi connectivity index (χ0) is 66.7. The molecule has 0 amide bonds. The Morgan fingerprint density at radius 1 is 0.596 bits per heavy atom. The number of alkyl halides is 6. The maximum atomic E-state index is 14.0. The summed E-state index contributed by atoms with van der Waals surface area (Å²) in [6, 6.07) is 43.0. The Kier molecular flexibility index (Phi) is 22.6. The Labute approximate surface area is 541 Å². The first-order chi connectivity index (χ1) is 44.3. The fourth-order valence-electron chi connectivity index (χ4n) is 10.5. The molecule has 12 rings (SSSR count). The highest BCUT2D eigenvalue weighted by Crippen LogP contribution is 2.40. The first kappa shape index (κ1) is 69.7. The van der Waals surface area contributed by atoms with Gasteiger partial charge in [-0.05, 0) is 115 Å². The number of nitrogens with one attached hydrogen (secondary N) is 1. The number of ether oxygens (including phenoxy) is 5. The predicted octanol–water partition coefficient (Wildman–Crippen LogP) is 13.1. The highest BCUT2D eigenvalue weighted by Gasteiger charge is 2.36. The minimum absolute atomic E-state index is 0. The van der Waals surface area contributed by atoms with Gasteiger partial charge in [-0.1, -0.05) is 135 Å². The molecule has 2 saturated carbocycles. The Morgan fingerprint density at radius 2 is 1.04 bits per heavy atom. The molecule has 2 fully saturated rings. The number of carbonyl (C=O) groups excluding carboxylic acids is 3. The van der Waals surface area contributed by atoms with Crippen LogP contribution in [0.1, 0.15) is 68.3 Å². The normalized spacial score (nSPS) is 15.6. The highest BCUT2D eigenvalue weighted by molar-refractivity contribution is 6.30. The van der Waals surface area contributed by atoms with Crippen LogP contribution in [-0.2, 0) is 59.3 Å². The number of hydrogen-bond donors (Lipinski definition) is 1. The Balaban J connectivity index is 0.000000194. The lowest BCUT2D eigenvalue weighted by Gasteiger charge is -2.36. The molecule has 1 N–H and O–H groups in total. The number of fused-ring (bicyclic) bond motifs is 2. The molecule has 94 heavy (non-hydrogen) atoms. The monoisotopic (exact) mass is 1340 g/mol. The van der Waals surface area contributed by atoms with Crippen LogP contribution in [0.15, 0.2) is 177 Å². The van der Waals surface area contributed by atoms with Gasteiger partial charge in [0.05, 0.1) is 19.0 Å². The summed E-state index contributed by atoms with van der Waals surface area (Å²) in [5, 5.41) is 1.04. The maximum absolute atomic E-state index is 14.0. The van der Waals surface area contributed by atoms with E-state index in [0.717, 1.165) is 64.8 Å². The van der Waals surface area contributed by atoms with Gasteiger partial charge in [0.25, 0.3) is 11.1 Å². The van der Waals surface area contributed by atoms with Crippen LogP contribution in [0.3, 0.4) is 0 Å². The van der Waals surface area contributed by atoms with Crippen LogP contribution in [0.2, 0.25) is 10.0 Å². The number of rotatable bonds is 16. The van der Waals surface area contributed by atoms with Crippen molar-refractivity contribution in [1.29, 1.82) is 0 Å². The summed E-state index contributed by atoms with van der Waals surface area (Å²) in [7, 11) is 2.95. The SMILES string of the molecule is C.CC1CC(C(=O)OCc2ccccc2)C1.Cn1c(=O)[nH]c(=O)c2c1nc(Oc1cccc(OC(F)(F)F)c1)n2Cc1ccc(Cl)cc1.Cn1c(=O)n(C2CC(Cc3ccccc3)C2)c(=O)c2c1nc(Oc1cccc(OC(F)(F)F)c1)n2Cc1ccc(Cl)cc1.O=C=O. The molecule has 0 bridgehead atoms. The van der Waals surface area contributed by atoms with Gasteiger partial charge in [0.15, 0.2) is 22.3 Å². The van der Waals surface area contributed by atoms with E-state index in [1.54, 1.807) is 48.5 Å². The summed E-state index contributed by atoms with van der Waals surface area (Å²) >= 11 is 12.0. The van der Waals surface area contributed by atoms with Crippen LogP contribution in [-0.4, -0.2) is 62.6 Å². The molecule has 20 nitrogen and oxygen atoms in total. The van der Waals surface area contributed by atoms with Gasteiger partial charge in [0.2, 0.25) is 0 Å². The van der Waals surface area contributed by atoms with Crippen molar-refractivity contribution < 1.29 is 64.4 Å². The second kappa shape index (κ2) is 30.5. The molecule has 6 aromatic carbocycles. The van der Waals surface area contributed by atoms with E-state index >= 15 is 0 Å².